The van der Waals surface area contributed by atoms with Gasteiger partial charge in [0.15, 0.2) is 6.61 Å². The van der Waals surface area contributed by atoms with Gasteiger partial charge in [-0.05, 0) is 56.5 Å². The molecule has 124 valence electrons. The van der Waals surface area contributed by atoms with E-state index in [0.717, 1.165) is 50.3 Å². The molecule has 1 aliphatic heterocycles. The van der Waals surface area contributed by atoms with E-state index in [-0.39, 0.29) is 24.9 Å². The van der Waals surface area contributed by atoms with E-state index in [1.807, 2.05) is 36.1 Å². The monoisotopic (exact) mass is 326 g/mol. The van der Waals surface area contributed by atoms with Gasteiger partial charge in [0.2, 0.25) is 0 Å². The van der Waals surface area contributed by atoms with Crippen molar-refractivity contribution in [2.75, 3.05) is 32.8 Å². The molecule has 5 heteroatoms. The molecule has 4 nitrogen and oxygen atoms in total. The van der Waals surface area contributed by atoms with E-state index in [0.29, 0.717) is 5.92 Å². The lowest BCUT2D eigenvalue weighted by Gasteiger charge is -2.32. The van der Waals surface area contributed by atoms with Gasteiger partial charge in [-0.2, -0.15) is 0 Å². The van der Waals surface area contributed by atoms with E-state index < -0.39 is 0 Å². The molecule has 1 heterocycles. The summed E-state index contributed by atoms with van der Waals surface area (Å²) in [5.41, 5.74) is 1.14. The zero-order valence-corrected chi connectivity index (χ0v) is 14.3. The van der Waals surface area contributed by atoms with Gasteiger partial charge < -0.3 is 15.0 Å². The lowest BCUT2D eigenvalue weighted by atomic mass is 9.97. The summed E-state index contributed by atoms with van der Waals surface area (Å²) >= 11 is 0. The largest absolute Gasteiger partial charge is 0.484 e. The number of halogens is 1. The van der Waals surface area contributed by atoms with Crippen molar-refractivity contribution >= 4 is 18.3 Å². The topological polar surface area (TPSA) is 41.6 Å². The van der Waals surface area contributed by atoms with Crippen molar-refractivity contribution in [1.82, 2.24) is 10.2 Å². The summed E-state index contributed by atoms with van der Waals surface area (Å²) in [6, 6.07) is 7.81. The fourth-order valence-corrected chi connectivity index (χ4v) is 2.68. The van der Waals surface area contributed by atoms with Gasteiger partial charge in [0.05, 0.1) is 0 Å². The molecule has 0 radical (unpaired) electrons. The molecule has 1 amide bonds. The molecule has 1 aliphatic rings. The second kappa shape index (κ2) is 9.70. The van der Waals surface area contributed by atoms with Crippen LogP contribution in [-0.4, -0.2) is 43.6 Å². The summed E-state index contributed by atoms with van der Waals surface area (Å²) in [5, 5.41) is 3.39. The average molecular weight is 327 g/mol. The molecular weight excluding hydrogens is 300 g/mol. The van der Waals surface area contributed by atoms with Crippen molar-refractivity contribution < 1.29 is 9.53 Å². The lowest BCUT2D eigenvalue weighted by Crippen LogP contribution is -2.42. The number of piperidine rings is 1. The lowest BCUT2D eigenvalue weighted by molar-refractivity contribution is -0.134. The molecule has 1 fully saturated rings. The molecular formula is C17H27ClN2O2. The third kappa shape index (κ3) is 5.85. The Morgan fingerprint density at radius 2 is 2.09 bits per heavy atom. The molecule has 0 saturated carbocycles. The van der Waals surface area contributed by atoms with Crippen LogP contribution in [0.4, 0.5) is 0 Å². The van der Waals surface area contributed by atoms with Gasteiger partial charge in [0.1, 0.15) is 5.75 Å². The Morgan fingerprint density at radius 3 is 2.73 bits per heavy atom. The standard InChI is InChI=1S/C17H26N2O2.ClH/c1-3-18-12-15-7-9-19(10-8-15)17(20)13-21-16-6-4-5-14(2)11-16;/h4-6,11,15,18H,3,7-10,12-13H2,1-2H3;1H. The van der Waals surface area contributed by atoms with Gasteiger partial charge in [-0.3, -0.25) is 4.79 Å². The highest BCUT2D eigenvalue weighted by Gasteiger charge is 2.22. The maximum absolute atomic E-state index is 12.2. The first kappa shape index (κ1) is 18.8. The van der Waals surface area contributed by atoms with Crippen LogP contribution < -0.4 is 10.1 Å². The number of carbonyl (C=O) groups excluding carboxylic acids is 1. The molecule has 1 aromatic rings. The van der Waals surface area contributed by atoms with Gasteiger partial charge in [-0.1, -0.05) is 19.1 Å². The van der Waals surface area contributed by atoms with E-state index in [9.17, 15) is 4.79 Å². The number of benzene rings is 1. The van der Waals surface area contributed by atoms with Crippen LogP contribution in [0.1, 0.15) is 25.3 Å². The Balaban J connectivity index is 0.00000242. The molecule has 1 aromatic carbocycles. The van der Waals surface area contributed by atoms with Crippen LogP contribution in [0.2, 0.25) is 0 Å². The second-order valence-corrected chi connectivity index (χ2v) is 5.74. The minimum absolute atomic E-state index is 0. The number of ether oxygens (including phenoxy) is 1. The zero-order chi connectivity index (χ0) is 15.1. The highest BCUT2D eigenvalue weighted by atomic mass is 35.5. The summed E-state index contributed by atoms with van der Waals surface area (Å²) in [4.78, 5) is 14.1. The number of carbonyl (C=O) groups is 1. The predicted molar refractivity (Wildman–Crippen MR) is 91.8 cm³/mol. The number of rotatable bonds is 6. The summed E-state index contributed by atoms with van der Waals surface area (Å²) in [7, 11) is 0. The molecule has 0 spiro atoms. The van der Waals surface area contributed by atoms with Crippen molar-refractivity contribution in [3.05, 3.63) is 29.8 Å². The zero-order valence-electron chi connectivity index (χ0n) is 13.5. The number of amides is 1. The van der Waals surface area contributed by atoms with Gasteiger partial charge >= 0.3 is 0 Å². The summed E-state index contributed by atoms with van der Waals surface area (Å²) in [5.74, 6) is 1.57. The first-order valence-corrected chi connectivity index (χ1v) is 7.87. The molecule has 0 aromatic heterocycles. The summed E-state index contributed by atoms with van der Waals surface area (Å²) in [6.45, 7) is 8.08. The number of nitrogens with zero attached hydrogens (tertiary/aromatic N) is 1. The molecule has 0 atom stereocenters. The van der Waals surface area contributed by atoms with Crippen LogP contribution >= 0.6 is 12.4 Å². The van der Waals surface area contributed by atoms with Crippen molar-refractivity contribution in [1.29, 1.82) is 0 Å². The number of likely N-dealkylation sites (tertiary alicyclic amines) is 1. The Bertz CT molecular complexity index is 460. The number of hydrogen-bond donors (Lipinski definition) is 1. The minimum atomic E-state index is 0. The van der Waals surface area contributed by atoms with E-state index in [2.05, 4.69) is 12.2 Å². The maximum Gasteiger partial charge on any atom is 0.260 e. The van der Waals surface area contributed by atoms with Gasteiger partial charge in [0, 0.05) is 13.1 Å². The Labute approximate surface area is 139 Å². The number of nitrogens with one attached hydrogen (secondary N) is 1. The smallest absolute Gasteiger partial charge is 0.260 e. The third-order valence-electron chi connectivity index (χ3n) is 4.00. The van der Waals surface area contributed by atoms with Crippen molar-refractivity contribution in [2.45, 2.75) is 26.7 Å². The minimum Gasteiger partial charge on any atom is -0.484 e. The van der Waals surface area contributed by atoms with Crippen LogP contribution in [-0.2, 0) is 4.79 Å². The Hall–Kier alpha value is -1.26. The van der Waals surface area contributed by atoms with E-state index >= 15 is 0 Å². The highest BCUT2D eigenvalue weighted by Crippen LogP contribution is 2.17. The Kier molecular flexibility index (Phi) is 8.28. The van der Waals surface area contributed by atoms with Crippen LogP contribution in [0.5, 0.6) is 5.75 Å². The average Bonchev–Trinajstić information content (AvgIpc) is 2.51. The fraction of sp³-hybridized carbons (Fsp3) is 0.588. The van der Waals surface area contributed by atoms with E-state index in [1.165, 1.54) is 0 Å². The molecule has 0 bridgehead atoms. The van der Waals surface area contributed by atoms with Gasteiger partial charge in [-0.15, -0.1) is 12.4 Å². The van der Waals surface area contributed by atoms with Crippen molar-refractivity contribution in [2.24, 2.45) is 5.92 Å². The molecule has 0 aliphatic carbocycles. The van der Waals surface area contributed by atoms with Crippen molar-refractivity contribution in [3.63, 3.8) is 0 Å². The van der Waals surface area contributed by atoms with Crippen LogP contribution in [0.3, 0.4) is 0 Å². The van der Waals surface area contributed by atoms with Gasteiger partial charge in [0.25, 0.3) is 5.91 Å². The first-order valence-electron chi connectivity index (χ1n) is 7.87. The fourth-order valence-electron chi connectivity index (χ4n) is 2.68. The molecule has 1 N–H and O–H groups in total. The normalized spacial score (nSPS) is 15.3. The molecule has 22 heavy (non-hydrogen) atoms. The second-order valence-electron chi connectivity index (χ2n) is 5.74. The van der Waals surface area contributed by atoms with Crippen molar-refractivity contribution in [3.8, 4) is 5.75 Å². The van der Waals surface area contributed by atoms with Crippen LogP contribution in [0.25, 0.3) is 0 Å². The van der Waals surface area contributed by atoms with Gasteiger partial charge in [-0.25, -0.2) is 0 Å². The van der Waals surface area contributed by atoms with E-state index in [1.54, 1.807) is 0 Å². The van der Waals surface area contributed by atoms with Crippen LogP contribution in [0.15, 0.2) is 24.3 Å². The molecule has 0 unspecified atom stereocenters. The maximum atomic E-state index is 12.2. The molecule has 1 saturated heterocycles. The quantitative estimate of drug-likeness (QED) is 0.873. The number of hydrogen-bond acceptors (Lipinski definition) is 3. The van der Waals surface area contributed by atoms with E-state index in [4.69, 9.17) is 4.74 Å². The molecule has 2 rings (SSSR count). The summed E-state index contributed by atoms with van der Waals surface area (Å²) in [6.07, 6.45) is 2.17. The highest BCUT2D eigenvalue weighted by molar-refractivity contribution is 5.85. The third-order valence-corrected chi connectivity index (χ3v) is 4.00. The SMILES string of the molecule is CCNCC1CCN(C(=O)COc2cccc(C)c2)CC1.Cl. The first-order chi connectivity index (χ1) is 10.2. The Morgan fingerprint density at radius 1 is 1.36 bits per heavy atom. The summed E-state index contributed by atoms with van der Waals surface area (Å²) < 4.78 is 5.59. The number of aryl methyl sites for hydroxylation is 1. The predicted octanol–water partition coefficient (Wildman–Crippen LogP) is 2.64. The van der Waals surface area contributed by atoms with Crippen LogP contribution in [0, 0.1) is 12.8 Å².